The van der Waals surface area contributed by atoms with Crippen LogP contribution in [0.1, 0.15) is 60.4 Å². The van der Waals surface area contributed by atoms with E-state index in [1.54, 1.807) is 0 Å². The van der Waals surface area contributed by atoms with Crippen LogP contribution in [0.2, 0.25) is 0 Å². The van der Waals surface area contributed by atoms with Gasteiger partial charge in [-0.2, -0.15) is 0 Å². The van der Waals surface area contributed by atoms with Crippen molar-refractivity contribution in [2.24, 2.45) is 0 Å². The predicted molar refractivity (Wildman–Crippen MR) is 115 cm³/mol. The van der Waals surface area contributed by atoms with E-state index in [1.165, 1.54) is 36.0 Å². The van der Waals surface area contributed by atoms with E-state index in [0.29, 0.717) is 5.92 Å². The van der Waals surface area contributed by atoms with Crippen LogP contribution >= 0.6 is 0 Å². The molecule has 1 saturated heterocycles. The number of hydrogen-bond acceptors (Lipinski definition) is 2. The lowest BCUT2D eigenvalue weighted by Gasteiger charge is -2.39. The second-order valence-corrected chi connectivity index (χ2v) is 8.35. The fourth-order valence-corrected chi connectivity index (χ4v) is 5.22. The molecular formula is C26H28N2. The minimum atomic E-state index is -0.000224. The molecule has 0 unspecified atom stereocenters. The quantitative estimate of drug-likeness (QED) is 0.618. The summed E-state index contributed by atoms with van der Waals surface area (Å²) >= 11 is 0. The fraction of sp³-hybridized carbons (Fsp3) is 0.308. The third-order valence-corrected chi connectivity index (χ3v) is 6.54. The lowest BCUT2D eigenvalue weighted by molar-refractivity contribution is 0.203. The molecule has 0 radical (unpaired) electrons. The summed E-state index contributed by atoms with van der Waals surface area (Å²) in [4.78, 5) is 0. The maximum atomic E-state index is 4.06. The molecule has 1 saturated carbocycles. The van der Waals surface area contributed by atoms with Crippen molar-refractivity contribution in [3.63, 3.8) is 0 Å². The largest absolute Gasteiger partial charge is 0.290 e. The molecule has 2 aliphatic rings. The summed E-state index contributed by atoms with van der Waals surface area (Å²) in [7, 11) is 0. The molecule has 2 heteroatoms. The van der Waals surface area contributed by atoms with Crippen molar-refractivity contribution >= 4 is 0 Å². The van der Waals surface area contributed by atoms with Gasteiger partial charge in [0.2, 0.25) is 0 Å². The van der Waals surface area contributed by atoms with Gasteiger partial charge in [0.15, 0.2) is 0 Å². The Bertz CT molecular complexity index is 844. The van der Waals surface area contributed by atoms with Gasteiger partial charge >= 0.3 is 0 Å². The van der Waals surface area contributed by atoms with Gasteiger partial charge in [0, 0.05) is 0 Å². The van der Waals surface area contributed by atoms with Crippen molar-refractivity contribution in [3.8, 4) is 0 Å². The van der Waals surface area contributed by atoms with Crippen LogP contribution in [0.5, 0.6) is 0 Å². The predicted octanol–water partition coefficient (Wildman–Crippen LogP) is 5.72. The zero-order valence-electron chi connectivity index (χ0n) is 16.2. The minimum absolute atomic E-state index is 0.000224. The van der Waals surface area contributed by atoms with E-state index < -0.39 is 0 Å². The van der Waals surface area contributed by atoms with Gasteiger partial charge in [-0.05, 0) is 48.3 Å². The Morgan fingerprint density at radius 1 is 0.607 bits per heavy atom. The van der Waals surface area contributed by atoms with Crippen LogP contribution in [0.3, 0.4) is 0 Å². The summed E-state index contributed by atoms with van der Waals surface area (Å²) in [5.41, 5.74) is 4.20. The van der Waals surface area contributed by atoms with Crippen molar-refractivity contribution in [1.82, 2.24) is 10.6 Å². The summed E-state index contributed by atoms with van der Waals surface area (Å²) in [6.07, 6.45) is 4.86. The summed E-state index contributed by atoms with van der Waals surface area (Å²) in [6.45, 7) is 0. The monoisotopic (exact) mass is 368 g/mol. The van der Waals surface area contributed by atoms with E-state index in [-0.39, 0.29) is 17.7 Å². The Balaban J connectivity index is 1.47. The lowest BCUT2D eigenvalue weighted by atomic mass is 9.78. The normalized spacial score (nSPS) is 26.4. The van der Waals surface area contributed by atoms with Gasteiger partial charge < -0.3 is 0 Å². The fourth-order valence-electron chi connectivity index (χ4n) is 5.22. The highest BCUT2D eigenvalue weighted by Crippen LogP contribution is 2.45. The Morgan fingerprint density at radius 3 is 1.57 bits per heavy atom. The molecule has 3 aromatic rings. The molecule has 3 aromatic carbocycles. The number of nitrogens with one attached hydrogen (secondary N) is 2. The van der Waals surface area contributed by atoms with Crippen LogP contribution < -0.4 is 10.6 Å². The number of hydrogen-bond donors (Lipinski definition) is 2. The molecule has 1 spiro atoms. The molecule has 0 aromatic heterocycles. The zero-order chi connectivity index (χ0) is 18.8. The van der Waals surface area contributed by atoms with Gasteiger partial charge in [-0.15, -0.1) is 0 Å². The van der Waals surface area contributed by atoms with Crippen LogP contribution in [-0.2, 0) is 0 Å². The first kappa shape index (κ1) is 17.7. The lowest BCUT2D eigenvalue weighted by Crippen LogP contribution is -2.52. The molecule has 5 rings (SSSR count). The van der Waals surface area contributed by atoms with Gasteiger partial charge in [-0.25, -0.2) is 0 Å². The third-order valence-electron chi connectivity index (χ3n) is 6.54. The molecule has 0 amide bonds. The van der Waals surface area contributed by atoms with E-state index >= 15 is 0 Å². The Kier molecular flexibility index (Phi) is 4.76. The number of rotatable bonds is 3. The smallest absolute Gasteiger partial charge is 0.0703 e. The van der Waals surface area contributed by atoms with E-state index in [9.17, 15) is 0 Å². The van der Waals surface area contributed by atoms with E-state index in [1.807, 2.05) is 0 Å². The van der Waals surface area contributed by atoms with Gasteiger partial charge in [0.1, 0.15) is 0 Å². The molecule has 3 atom stereocenters. The average Bonchev–Trinajstić information content (AvgIpc) is 3.14. The molecule has 142 valence electrons. The van der Waals surface area contributed by atoms with Crippen LogP contribution in [0.4, 0.5) is 0 Å². The SMILES string of the molecule is c1ccc([C@H]2CCCC3(C2)N[C@H](c2ccccc2)[C@@H](c2ccccc2)N3)cc1. The maximum Gasteiger partial charge on any atom is 0.0703 e. The Labute approximate surface area is 168 Å². The third kappa shape index (κ3) is 3.39. The van der Waals surface area contributed by atoms with Gasteiger partial charge in [0.25, 0.3) is 0 Å². The van der Waals surface area contributed by atoms with Crippen molar-refractivity contribution in [3.05, 3.63) is 108 Å². The molecule has 2 N–H and O–H groups in total. The molecule has 1 heterocycles. The number of benzene rings is 3. The van der Waals surface area contributed by atoms with Gasteiger partial charge in [-0.3, -0.25) is 10.6 Å². The van der Waals surface area contributed by atoms with Crippen LogP contribution in [-0.4, -0.2) is 5.66 Å². The van der Waals surface area contributed by atoms with Crippen LogP contribution in [0, 0.1) is 0 Å². The topological polar surface area (TPSA) is 24.1 Å². The van der Waals surface area contributed by atoms with Crippen LogP contribution in [0.15, 0.2) is 91.0 Å². The average molecular weight is 369 g/mol. The second-order valence-electron chi connectivity index (χ2n) is 8.35. The van der Waals surface area contributed by atoms with Gasteiger partial charge in [-0.1, -0.05) is 91.0 Å². The molecule has 28 heavy (non-hydrogen) atoms. The first-order valence-electron chi connectivity index (χ1n) is 10.5. The van der Waals surface area contributed by atoms with Crippen LogP contribution in [0.25, 0.3) is 0 Å². The highest BCUT2D eigenvalue weighted by Gasteiger charge is 2.47. The molecular weight excluding hydrogens is 340 g/mol. The first-order valence-corrected chi connectivity index (χ1v) is 10.5. The first-order chi connectivity index (χ1) is 13.8. The van der Waals surface area contributed by atoms with Crippen molar-refractivity contribution in [2.45, 2.75) is 49.3 Å². The van der Waals surface area contributed by atoms with Crippen molar-refractivity contribution < 1.29 is 0 Å². The summed E-state index contributed by atoms with van der Waals surface area (Å²) < 4.78 is 0. The van der Waals surface area contributed by atoms with E-state index in [0.717, 1.165) is 6.42 Å². The molecule has 2 nitrogen and oxygen atoms in total. The molecule has 0 bridgehead atoms. The summed E-state index contributed by atoms with van der Waals surface area (Å²) in [5, 5.41) is 8.12. The van der Waals surface area contributed by atoms with E-state index in [4.69, 9.17) is 0 Å². The van der Waals surface area contributed by atoms with Crippen molar-refractivity contribution in [2.75, 3.05) is 0 Å². The summed E-state index contributed by atoms with van der Waals surface area (Å²) in [6, 6.07) is 33.5. The Hall–Kier alpha value is -2.42. The highest BCUT2D eigenvalue weighted by atomic mass is 15.3. The standard InChI is InChI=1S/C26H28N2/c1-4-11-20(12-5-1)23-17-10-18-26(19-23)27-24(21-13-6-2-7-14-21)25(28-26)22-15-8-3-9-16-22/h1-9,11-16,23-25,27-28H,10,17-19H2/t23-,24+,25+/m0/s1. The molecule has 1 aliphatic heterocycles. The van der Waals surface area contributed by atoms with E-state index in [2.05, 4.69) is 102 Å². The summed E-state index contributed by atoms with van der Waals surface area (Å²) in [5.74, 6) is 0.612. The molecule has 2 fully saturated rings. The minimum Gasteiger partial charge on any atom is -0.290 e. The van der Waals surface area contributed by atoms with Crippen molar-refractivity contribution in [1.29, 1.82) is 0 Å². The highest BCUT2D eigenvalue weighted by molar-refractivity contribution is 5.32. The molecule has 1 aliphatic carbocycles. The maximum absolute atomic E-state index is 4.06. The Morgan fingerprint density at radius 2 is 1.07 bits per heavy atom. The zero-order valence-corrected chi connectivity index (χ0v) is 16.2. The van der Waals surface area contributed by atoms with Gasteiger partial charge in [0.05, 0.1) is 17.7 Å². The second kappa shape index (κ2) is 7.54.